The Hall–Kier alpha value is -0.310. The molecule has 0 aliphatic carbocycles. The summed E-state index contributed by atoms with van der Waals surface area (Å²) in [6.45, 7) is 2.98. The molecule has 1 atom stereocenters. The normalized spacial score (nSPS) is 12.7. The highest BCUT2D eigenvalue weighted by Crippen LogP contribution is 2.06. The number of Topliss-reactive ketones (excluding diaryl/α,β-unsaturated/α-hetero) is 2. The first-order valence-electron chi connectivity index (χ1n) is 3.18. The first-order valence-corrected chi connectivity index (χ1v) is 3.82. The van der Waals surface area contributed by atoms with E-state index in [2.05, 4.69) is 12.6 Å². The SMILES string of the molecule is CC(=O)CC(CS)C(C)=O. The third kappa shape index (κ3) is 3.67. The second kappa shape index (κ2) is 4.50. The van der Waals surface area contributed by atoms with Crippen LogP contribution in [0.3, 0.4) is 0 Å². The van der Waals surface area contributed by atoms with E-state index in [1.165, 1.54) is 13.8 Å². The fourth-order valence-corrected chi connectivity index (χ4v) is 1.07. The molecule has 0 N–H and O–H groups in total. The van der Waals surface area contributed by atoms with Crippen LogP contribution in [0, 0.1) is 5.92 Å². The number of carbonyl (C=O) groups is 2. The number of hydrogen-bond donors (Lipinski definition) is 1. The van der Waals surface area contributed by atoms with Crippen molar-refractivity contribution in [1.29, 1.82) is 0 Å². The zero-order chi connectivity index (χ0) is 8.15. The first-order chi connectivity index (χ1) is 4.57. The number of thiol groups is 1. The molecule has 0 aliphatic heterocycles. The van der Waals surface area contributed by atoms with E-state index in [0.29, 0.717) is 12.2 Å². The molecule has 3 heteroatoms. The summed E-state index contributed by atoms with van der Waals surface area (Å²) in [5.74, 6) is 0.384. The predicted molar refractivity (Wildman–Crippen MR) is 43.3 cm³/mol. The lowest BCUT2D eigenvalue weighted by atomic mass is 10.0. The van der Waals surface area contributed by atoms with Gasteiger partial charge in [0.15, 0.2) is 0 Å². The number of rotatable bonds is 4. The molecule has 0 saturated heterocycles. The summed E-state index contributed by atoms with van der Waals surface area (Å²) < 4.78 is 0. The summed E-state index contributed by atoms with van der Waals surface area (Å²) in [5.41, 5.74) is 0. The van der Waals surface area contributed by atoms with Crippen molar-refractivity contribution >= 4 is 24.2 Å². The molecule has 0 saturated carbocycles. The Labute approximate surface area is 66.4 Å². The van der Waals surface area contributed by atoms with Crippen LogP contribution in [0.2, 0.25) is 0 Å². The zero-order valence-electron chi connectivity index (χ0n) is 6.26. The van der Waals surface area contributed by atoms with Gasteiger partial charge in [-0.1, -0.05) is 0 Å². The Balaban J connectivity index is 3.83. The smallest absolute Gasteiger partial charge is 0.134 e. The van der Waals surface area contributed by atoms with Crippen LogP contribution in [0.1, 0.15) is 20.3 Å². The van der Waals surface area contributed by atoms with Gasteiger partial charge in [-0.05, 0) is 13.8 Å². The van der Waals surface area contributed by atoms with Crippen molar-refractivity contribution in [2.24, 2.45) is 5.92 Å². The van der Waals surface area contributed by atoms with E-state index < -0.39 is 0 Å². The van der Waals surface area contributed by atoms with Gasteiger partial charge in [0.05, 0.1) is 0 Å². The first kappa shape index (κ1) is 9.69. The Kier molecular flexibility index (Phi) is 4.36. The van der Waals surface area contributed by atoms with Gasteiger partial charge in [0.25, 0.3) is 0 Å². The highest BCUT2D eigenvalue weighted by Gasteiger charge is 2.13. The molecule has 0 bridgehead atoms. The highest BCUT2D eigenvalue weighted by atomic mass is 32.1. The molecular formula is C7H12O2S. The molecule has 0 amide bonds. The Morgan fingerprint density at radius 1 is 1.40 bits per heavy atom. The molecule has 0 radical (unpaired) electrons. The summed E-state index contributed by atoms with van der Waals surface area (Å²) in [6, 6.07) is 0. The van der Waals surface area contributed by atoms with Crippen LogP contribution in [-0.2, 0) is 9.59 Å². The minimum atomic E-state index is -0.180. The number of hydrogen-bond acceptors (Lipinski definition) is 3. The van der Waals surface area contributed by atoms with Crippen LogP contribution < -0.4 is 0 Å². The van der Waals surface area contributed by atoms with Gasteiger partial charge in [-0.3, -0.25) is 4.79 Å². The Morgan fingerprint density at radius 2 is 1.90 bits per heavy atom. The molecule has 0 aromatic rings. The topological polar surface area (TPSA) is 34.1 Å². The molecule has 0 rings (SSSR count). The molecule has 0 aromatic carbocycles. The van der Waals surface area contributed by atoms with E-state index >= 15 is 0 Å². The van der Waals surface area contributed by atoms with Gasteiger partial charge in [-0.15, -0.1) is 0 Å². The summed E-state index contributed by atoms with van der Waals surface area (Å²) in [5, 5.41) is 0. The van der Waals surface area contributed by atoms with Gasteiger partial charge in [-0.25, -0.2) is 0 Å². The number of ketones is 2. The lowest BCUT2D eigenvalue weighted by molar-refractivity contribution is -0.125. The fraction of sp³-hybridized carbons (Fsp3) is 0.714. The molecule has 2 nitrogen and oxygen atoms in total. The minimum Gasteiger partial charge on any atom is -0.300 e. The summed E-state index contributed by atoms with van der Waals surface area (Å²) >= 11 is 3.96. The van der Waals surface area contributed by atoms with Gasteiger partial charge in [0.1, 0.15) is 11.6 Å². The van der Waals surface area contributed by atoms with E-state index in [1.54, 1.807) is 0 Å². The number of carbonyl (C=O) groups excluding carboxylic acids is 2. The zero-order valence-corrected chi connectivity index (χ0v) is 7.15. The van der Waals surface area contributed by atoms with Crippen LogP contribution >= 0.6 is 12.6 Å². The molecular weight excluding hydrogens is 148 g/mol. The summed E-state index contributed by atoms with van der Waals surface area (Å²) in [7, 11) is 0. The quantitative estimate of drug-likeness (QED) is 0.625. The van der Waals surface area contributed by atoms with Crippen LogP contribution in [0.4, 0.5) is 0 Å². The maximum Gasteiger partial charge on any atom is 0.134 e. The standard InChI is InChI=1S/C7H12O2S/c1-5(8)3-7(4-10)6(2)9/h7,10H,3-4H2,1-2H3. The third-order valence-electron chi connectivity index (χ3n) is 1.33. The average molecular weight is 160 g/mol. The highest BCUT2D eigenvalue weighted by molar-refractivity contribution is 7.80. The van der Waals surface area contributed by atoms with Crippen LogP contribution in [0.15, 0.2) is 0 Å². The van der Waals surface area contributed by atoms with Gasteiger partial charge in [0.2, 0.25) is 0 Å². The van der Waals surface area contributed by atoms with Crippen LogP contribution in [0.25, 0.3) is 0 Å². The minimum absolute atomic E-state index is 0.0465. The largest absolute Gasteiger partial charge is 0.300 e. The molecule has 58 valence electrons. The maximum atomic E-state index is 10.7. The average Bonchev–Trinajstić information content (AvgIpc) is 1.81. The van der Waals surface area contributed by atoms with Gasteiger partial charge in [0, 0.05) is 18.1 Å². The second-order valence-electron chi connectivity index (χ2n) is 2.40. The van der Waals surface area contributed by atoms with Crippen molar-refractivity contribution in [2.75, 3.05) is 5.75 Å². The molecule has 10 heavy (non-hydrogen) atoms. The van der Waals surface area contributed by atoms with Crippen molar-refractivity contribution in [2.45, 2.75) is 20.3 Å². The Morgan fingerprint density at radius 3 is 2.00 bits per heavy atom. The Bertz CT molecular complexity index is 143. The van der Waals surface area contributed by atoms with Crippen LogP contribution in [-0.4, -0.2) is 17.3 Å². The van der Waals surface area contributed by atoms with Crippen molar-refractivity contribution in [3.8, 4) is 0 Å². The van der Waals surface area contributed by atoms with Gasteiger partial charge >= 0.3 is 0 Å². The lowest BCUT2D eigenvalue weighted by Crippen LogP contribution is -2.15. The third-order valence-corrected chi connectivity index (χ3v) is 1.77. The maximum absolute atomic E-state index is 10.7. The van der Waals surface area contributed by atoms with E-state index in [-0.39, 0.29) is 17.5 Å². The monoisotopic (exact) mass is 160 g/mol. The van der Waals surface area contributed by atoms with Gasteiger partial charge < -0.3 is 4.79 Å². The van der Waals surface area contributed by atoms with Crippen molar-refractivity contribution in [3.63, 3.8) is 0 Å². The summed E-state index contributed by atoms with van der Waals surface area (Å²) in [4.78, 5) is 21.2. The van der Waals surface area contributed by atoms with Gasteiger partial charge in [-0.2, -0.15) is 12.6 Å². The summed E-state index contributed by atoms with van der Waals surface area (Å²) in [6.07, 6.45) is 0.332. The molecule has 0 spiro atoms. The van der Waals surface area contributed by atoms with E-state index in [1.807, 2.05) is 0 Å². The van der Waals surface area contributed by atoms with E-state index in [0.717, 1.165) is 0 Å². The van der Waals surface area contributed by atoms with Crippen molar-refractivity contribution < 1.29 is 9.59 Å². The van der Waals surface area contributed by atoms with Crippen molar-refractivity contribution in [1.82, 2.24) is 0 Å². The molecule has 0 heterocycles. The van der Waals surface area contributed by atoms with E-state index in [4.69, 9.17) is 0 Å². The second-order valence-corrected chi connectivity index (χ2v) is 2.76. The van der Waals surface area contributed by atoms with E-state index in [9.17, 15) is 9.59 Å². The lowest BCUT2D eigenvalue weighted by Gasteiger charge is -2.06. The molecule has 0 aromatic heterocycles. The molecule has 0 fully saturated rings. The predicted octanol–water partition coefficient (Wildman–Crippen LogP) is 1.10. The fourth-order valence-electron chi connectivity index (χ4n) is 0.684. The molecule has 1 unspecified atom stereocenters. The molecule has 0 aliphatic rings. The van der Waals surface area contributed by atoms with Crippen LogP contribution in [0.5, 0.6) is 0 Å². The van der Waals surface area contributed by atoms with Crippen molar-refractivity contribution in [3.05, 3.63) is 0 Å².